The maximum Gasteiger partial charge on any atom is 0.374 e. The van der Waals surface area contributed by atoms with Crippen LogP contribution in [0, 0.1) is 23.2 Å². The van der Waals surface area contributed by atoms with Crippen molar-refractivity contribution in [2.75, 3.05) is 0 Å². The van der Waals surface area contributed by atoms with E-state index in [1.54, 1.807) is 0 Å². The minimum Gasteiger partial charge on any atom is -0.481 e. The van der Waals surface area contributed by atoms with Crippen molar-refractivity contribution in [1.82, 2.24) is 0 Å². The van der Waals surface area contributed by atoms with Gasteiger partial charge in [-0.3, -0.25) is 4.79 Å². The molecule has 4 rings (SSSR count). The van der Waals surface area contributed by atoms with Gasteiger partial charge >= 0.3 is 18.4 Å². The number of carboxylic acid groups (broad SMARTS) is 1. The van der Waals surface area contributed by atoms with Crippen LogP contribution in [0.3, 0.4) is 0 Å². The van der Waals surface area contributed by atoms with Crippen LogP contribution in [0.15, 0.2) is 0 Å². The highest BCUT2D eigenvalue weighted by molar-refractivity contribution is 5.77. The lowest BCUT2D eigenvalue weighted by atomic mass is 9.75. The number of hydrogen-bond acceptors (Lipinski definition) is 3. The molecule has 0 aromatic heterocycles. The molecule has 4 saturated carbocycles. The van der Waals surface area contributed by atoms with Gasteiger partial charge in [0.25, 0.3) is 0 Å². The summed E-state index contributed by atoms with van der Waals surface area (Å²) in [5.74, 6) is -2.36. The van der Waals surface area contributed by atoms with Gasteiger partial charge in [-0.15, -0.1) is 0 Å². The van der Waals surface area contributed by atoms with Crippen LogP contribution in [-0.2, 0) is 14.3 Å². The quantitative estimate of drug-likeness (QED) is 0.784. The van der Waals surface area contributed by atoms with Gasteiger partial charge in [-0.05, 0) is 37.5 Å². The van der Waals surface area contributed by atoms with Crippen LogP contribution in [-0.4, -0.2) is 29.6 Å². The van der Waals surface area contributed by atoms with Crippen LogP contribution in [0.2, 0.25) is 0 Å². The molecule has 0 aromatic rings. The van der Waals surface area contributed by atoms with Crippen molar-refractivity contribution in [3.8, 4) is 0 Å². The predicted molar refractivity (Wildman–Crippen MR) is 54.9 cm³/mol. The zero-order valence-corrected chi connectivity index (χ0v) is 9.64. The molecule has 6 heteroatoms. The van der Waals surface area contributed by atoms with Crippen molar-refractivity contribution in [2.24, 2.45) is 23.2 Å². The number of carbonyl (C=O) groups is 2. The minimum absolute atomic E-state index is 0.0544. The van der Waals surface area contributed by atoms with Crippen molar-refractivity contribution >= 4 is 11.9 Å². The highest BCUT2D eigenvalue weighted by Gasteiger charge is 2.67. The highest BCUT2D eigenvalue weighted by Crippen LogP contribution is 2.66. The van der Waals surface area contributed by atoms with Gasteiger partial charge in [0.1, 0.15) is 6.10 Å². The van der Waals surface area contributed by atoms with Crippen LogP contribution in [0.5, 0.6) is 0 Å². The summed E-state index contributed by atoms with van der Waals surface area (Å²) in [5, 5.41) is 9.38. The van der Waals surface area contributed by atoms with Crippen molar-refractivity contribution < 1.29 is 28.2 Å². The lowest BCUT2D eigenvalue weighted by molar-refractivity contribution is -0.169. The summed E-state index contributed by atoms with van der Waals surface area (Å²) in [6, 6.07) is 0. The molecule has 0 amide bonds. The van der Waals surface area contributed by atoms with Crippen LogP contribution in [0.25, 0.3) is 0 Å². The Bertz CT molecular complexity index is 411. The fourth-order valence-corrected chi connectivity index (χ4v) is 4.45. The second kappa shape index (κ2) is 3.65. The molecule has 0 heterocycles. The minimum atomic E-state index is -3.14. The summed E-state index contributed by atoms with van der Waals surface area (Å²) >= 11 is 0. The lowest BCUT2D eigenvalue weighted by Crippen LogP contribution is -2.36. The summed E-state index contributed by atoms with van der Waals surface area (Å²) < 4.78 is 29.3. The topological polar surface area (TPSA) is 63.6 Å². The van der Waals surface area contributed by atoms with Crippen molar-refractivity contribution in [3.05, 3.63) is 0 Å². The van der Waals surface area contributed by atoms with E-state index in [1.807, 2.05) is 0 Å². The molecule has 4 fully saturated rings. The van der Waals surface area contributed by atoms with Gasteiger partial charge in [0.15, 0.2) is 0 Å². The first-order chi connectivity index (χ1) is 8.44. The van der Waals surface area contributed by atoms with Gasteiger partial charge in [-0.25, -0.2) is 4.79 Å². The molecule has 0 aromatic carbocycles. The third-order valence-electron chi connectivity index (χ3n) is 4.93. The molecule has 5 unspecified atom stereocenters. The summed E-state index contributed by atoms with van der Waals surface area (Å²) in [6.45, 7) is 0. The zero-order chi connectivity index (χ0) is 13.1. The Kier molecular flexibility index (Phi) is 2.40. The Morgan fingerprint density at radius 3 is 2.61 bits per heavy atom. The predicted octanol–water partition coefficient (Wildman–Crippen LogP) is 1.68. The molecule has 4 bridgehead atoms. The number of rotatable bonds is 3. The average molecular weight is 260 g/mol. The summed E-state index contributed by atoms with van der Waals surface area (Å²) in [5.41, 5.74) is -0.833. The Morgan fingerprint density at radius 1 is 1.28 bits per heavy atom. The summed E-state index contributed by atoms with van der Waals surface area (Å²) in [6.07, 6.45) is -1.21. The fourth-order valence-electron chi connectivity index (χ4n) is 4.45. The number of aliphatic carboxylic acids is 1. The number of ether oxygens (including phenoxy) is 1. The molecule has 1 N–H and O–H groups in total. The molecular weight excluding hydrogens is 246 g/mol. The Labute approximate surface area is 102 Å². The average Bonchev–Trinajstić information content (AvgIpc) is 2.67. The monoisotopic (exact) mass is 260 g/mol. The van der Waals surface area contributed by atoms with Crippen LogP contribution in [0.4, 0.5) is 8.78 Å². The van der Waals surface area contributed by atoms with Crippen molar-refractivity contribution in [3.63, 3.8) is 0 Å². The molecule has 5 atom stereocenters. The number of hydrogen-bond donors (Lipinski definition) is 1. The first kappa shape index (κ1) is 11.9. The van der Waals surface area contributed by atoms with E-state index in [2.05, 4.69) is 0 Å². The van der Waals surface area contributed by atoms with Crippen LogP contribution in [0.1, 0.15) is 25.7 Å². The van der Waals surface area contributed by atoms with Gasteiger partial charge in [-0.2, -0.15) is 8.78 Å². The largest absolute Gasteiger partial charge is 0.481 e. The molecule has 4 nitrogen and oxygen atoms in total. The van der Waals surface area contributed by atoms with Gasteiger partial charge in [-0.1, -0.05) is 0 Å². The third-order valence-corrected chi connectivity index (χ3v) is 4.93. The molecule has 4 aliphatic carbocycles. The van der Waals surface area contributed by atoms with Crippen molar-refractivity contribution in [2.45, 2.75) is 38.2 Å². The van der Waals surface area contributed by atoms with Crippen molar-refractivity contribution in [1.29, 1.82) is 0 Å². The normalized spacial score (nSPS) is 44.6. The molecule has 0 spiro atoms. The summed E-state index contributed by atoms with van der Waals surface area (Å²) in [7, 11) is 0. The molecule has 100 valence electrons. The number of halogens is 2. The maximum absolute atomic E-state index is 12.2. The van der Waals surface area contributed by atoms with Crippen LogP contribution < -0.4 is 0 Å². The Balaban J connectivity index is 1.83. The van der Waals surface area contributed by atoms with Gasteiger partial charge < -0.3 is 9.84 Å². The molecule has 4 aliphatic rings. The first-order valence-corrected chi connectivity index (χ1v) is 6.16. The van der Waals surface area contributed by atoms with Gasteiger partial charge in [0.05, 0.1) is 5.41 Å². The summed E-state index contributed by atoms with van der Waals surface area (Å²) in [4.78, 5) is 22.5. The second-order valence-corrected chi connectivity index (χ2v) is 5.78. The number of carboxylic acids is 1. The third kappa shape index (κ3) is 1.40. The van der Waals surface area contributed by atoms with E-state index in [-0.39, 0.29) is 11.8 Å². The van der Waals surface area contributed by atoms with E-state index in [0.717, 1.165) is 6.42 Å². The van der Waals surface area contributed by atoms with E-state index in [4.69, 9.17) is 4.74 Å². The van der Waals surface area contributed by atoms with E-state index in [1.165, 1.54) is 0 Å². The molecule has 0 aliphatic heterocycles. The zero-order valence-electron chi connectivity index (χ0n) is 9.64. The molecule has 0 radical (unpaired) electrons. The smallest absolute Gasteiger partial charge is 0.374 e. The van der Waals surface area contributed by atoms with Crippen LogP contribution >= 0.6 is 0 Å². The lowest BCUT2D eigenvalue weighted by Gasteiger charge is -2.31. The van der Waals surface area contributed by atoms with E-state index in [9.17, 15) is 23.5 Å². The number of alkyl halides is 2. The van der Waals surface area contributed by atoms with E-state index in [0.29, 0.717) is 25.2 Å². The number of carbonyl (C=O) groups excluding carboxylic acids is 1. The highest BCUT2D eigenvalue weighted by atomic mass is 19.3. The molecule has 0 saturated heterocycles. The van der Waals surface area contributed by atoms with E-state index < -0.39 is 29.9 Å². The molecular formula is C12H14F2O4. The van der Waals surface area contributed by atoms with Gasteiger partial charge in [0, 0.05) is 5.92 Å². The number of esters is 1. The maximum atomic E-state index is 12.2. The standard InChI is InChI=1S/C12H14F2O4/c13-9(14)10(15)18-8-6-1-5-2-7(8)12(3-5,4-6)11(16)17/h5-9H,1-4H2,(H,16,17). The van der Waals surface area contributed by atoms with E-state index >= 15 is 0 Å². The second-order valence-electron chi connectivity index (χ2n) is 5.78. The molecule has 18 heavy (non-hydrogen) atoms. The Morgan fingerprint density at radius 2 is 2.00 bits per heavy atom. The first-order valence-electron chi connectivity index (χ1n) is 6.16. The fraction of sp³-hybridized carbons (Fsp3) is 0.833. The van der Waals surface area contributed by atoms with Gasteiger partial charge in [0.2, 0.25) is 0 Å². The SMILES string of the molecule is O=C(OC1C2CC3CC1C(C(=O)O)(C3)C2)C(F)F. The Hall–Kier alpha value is -1.20.